The summed E-state index contributed by atoms with van der Waals surface area (Å²) < 4.78 is 6.69. The summed E-state index contributed by atoms with van der Waals surface area (Å²) in [5.74, 6) is 0.0767. The van der Waals surface area contributed by atoms with Crippen molar-refractivity contribution in [3.05, 3.63) is 53.4 Å². The van der Waals surface area contributed by atoms with Gasteiger partial charge in [0, 0.05) is 25.8 Å². The third kappa shape index (κ3) is 5.53. The highest BCUT2D eigenvalue weighted by Crippen LogP contribution is 2.34. The zero-order chi connectivity index (χ0) is 23.9. The number of carbonyl (C=O) groups is 1. The van der Waals surface area contributed by atoms with Crippen molar-refractivity contribution in [3.63, 3.8) is 0 Å². The lowest BCUT2D eigenvalue weighted by molar-refractivity contribution is 0.0374. The Hall–Kier alpha value is -3.48. The average molecular weight is 463 g/mol. The molecule has 2 aromatic rings. The van der Waals surface area contributed by atoms with Crippen molar-refractivity contribution in [3.8, 4) is 17.8 Å². The summed E-state index contributed by atoms with van der Waals surface area (Å²) in [6.45, 7) is 6.95. The van der Waals surface area contributed by atoms with Gasteiger partial charge in [0.25, 0.3) is 5.91 Å². The van der Waals surface area contributed by atoms with Crippen molar-refractivity contribution in [2.45, 2.75) is 26.2 Å². The Morgan fingerprint density at radius 3 is 2.88 bits per heavy atom. The van der Waals surface area contributed by atoms with Gasteiger partial charge in [0.15, 0.2) is 5.82 Å². The molecule has 0 saturated carbocycles. The van der Waals surface area contributed by atoms with Gasteiger partial charge in [0.1, 0.15) is 0 Å². The van der Waals surface area contributed by atoms with Gasteiger partial charge < -0.3 is 15.2 Å². The standard InChI is InChI=1S/C25H30N6O3/c1-18-3-4-19(15-26)5-7-21(18)22-17-29-31(25(22)33)23-8-6-20(16-28-23)24(32)27-9-2-10-30-11-13-34-14-12-30/h5-8,16-17,19,33H,2-4,9-14H2,1H3,(H,27,32). The lowest BCUT2D eigenvalue weighted by atomic mass is 10.0. The maximum atomic E-state index is 12.4. The van der Waals surface area contributed by atoms with Crippen LogP contribution in [0.15, 0.2) is 42.3 Å². The summed E-state index contributed by atoms with van der Waals surface area (Å²) >= 11 is 0. The molecule has 9 nitrogen and oxygen atoms in total. The van der Waals surface area contributed by atoms with Gasteiger partial charge in [0.05, 0.1) is 42.5 Å². The molecule has 1 saturated heterocycles. The summed E-state index contributed by atoms with van der Waals surface area (Å²) in [7, 11) is 0. The van der Waals surface area contributed by atoms with Gasteiger partial charge in [0.2, 0.25) is 5.88 Å². The predicted octanol–water partition coefficient (Wildman–Crippen LogP) is 2.69. The number of pyridine rings is 1. The van der Waals surface area contributed by atoms with Crippen LogP contribution in [-0.4, -0.2) is 70.1 Å². The number of nitrogens with zero attached hydrogens (tertiary/aromatic N) is 5. The molecule has 2 aliphatic rings. The number of amides is 1. The van der Waals surface area contributed by atoms with Crippen LogP contribution in [0.4, 0.5) is 0 Å². The van der Waals surface area contributed by atoms with Crippen LogP contribution in [0.5, 0.6) is 5.88 Å². The molecule has 9 heteroatoms. The summed E-state index contributed by atoms with van der Waals surface area (Å²) in [6, 6.07) is 5.62. The van der Waals surface area contributed by atoms with Crippen LogP contribution in [0.1, 0.15) is 42.1 Å². The van der Waals surface area contributed by atoms with E-state index in [4.69, 9.17) is 4.74 Å². The Bertz CT molecular complexity index is 1110. The van der Waals surface area contributed by atoms with E-state index < -0.39 is 0 Å². The zero-order valence-corrected chi connectivity index (χ0v) is 19.4. The van der Waals surface area contributed by atoms with E-state index in [0.717, 1.165) is 63.3 Å². The first-order valence-electron chi connectivity index (χ1n) is 11.7. The highest BCUT2D eigenvalue weighted by Gasteiger charge is 2.19. The van der Waals surface area contributed by atoms with Crippen molar-refractivity contribution >= 4 is 11.5 Å². The number of rotatable bonds is 7. The van der Waals surface area contributed by atoms with E-state index in [9.17, 15) is 15.2 Å². The molecule has 0 aromatic carbocycles. The minimum absolute atomic E-state index is 0.0257. The van der Waals surface area contributed by atoms with Crippen LogP contribution in [0, 0.1) is 17.2 Å². The second-order valence-electron chi connectivity index (χ2n) is 8.59. The molecule has 1 atom stereocenters. The molecule has 34 heavy (non-hydrogen) atoms. The molecule has 2 N–H and O–H groups in total. The van der Waals surface area contributed by atoms with E-state index in [0.29, 0.717) is 23.5 Å². The van der Waals surface area contributed by atoms with Crippen LogP contribution >= 0.6 is 0 Å². The van der Waals surface area contributed by atoms with Gasteiger partial charge in [-0.15, -0.1) is 0 Å². The maximum absolute atomic E-state index is 12.4. The van der Waals surface area contributed by atoms with Crippen LogP contribution < -0.4 is 5.32 Å². The third-order valence-corrected chi connectivity index (χ3v) is 6.25. The van der Waals surface area contributed by atoms with Crippen molar-refractivity contribution in [2.24, 2.45) is 5.92 Å². The molecule has 0 spiro atoms. The molecule has 4 rings (SSSR count). The normalized spacial score (nSPS) is 19.0. The molecule has 1 unspecified atom stereocenters. The van der Waals surface area contributed by atoms with Gasteiger partial charge in [-0.2, -0.15) is 15.0 Å². The Kier molecular flexibility index (Phi) is 7.72. The third-order valence-electron chi connectivity index (χ3n) is 6.25. The molecular weight excluding hydrogens is 432 g/mol. The number of aromatic nitrogens is 3. The molecule has 1 aliphatic carbocycles. The topological polar surface area (TPSA) is 116 Å². The monoisotopic (exact) mass is 462 g/mol. The first-order chi connectivity index (χ1) is 16.6. The minimum Gasteiger partial charge on any atom is -0.493 e. The number of carbonyl (C=O) groups excluding carboxylic acids is 1. The highest BCUT2D eigenvalue weighted by atomic mass is 16.5. The Morgan fingerprint density at radius 1 is 1.32 bits per heavy atom. The molecule has 1 fully saturated rings. The zero-order valence-electron chi connectivity index (χ0n) is 19.4. The van der Waals surface area contributed by atoms with Crippen molar-refractivity contribution in [1.82, 2.24) is 25.0 Å². The Balaban J connectivity index is 1.38. The first kappa shape index (κ1) is 23.7. The lowest BCUT2D eigenvalue weighted by Crippen LogP contribution is -2.38. The SMILES string of the molecule is CC1=C(c2cnn(-c3ccc(C(=O)NCCCN4CCOCC4)cn3)c2O)C=CC(C#N)CC1. The summed E-state index contributed by atoms with van der Waals surface area (Å²) in [6.07, 6.45) is 9.25. The molecule has 2 aromatic heterocycles. The van der Waals surface area contributed by atoms with Crippen LogP contribution in [0.25, 0.3) is 11.4 Å². The van der Waals surface area contributed by atoms with Gasteiger partial charge >= 0.3 is 0 Å². The quantitative estimate of drug-likeness (QED) is 0.608. The molecule has 0 radical (unpaired) electrons. The smallest absolute Gasteiger partial charge is 0.252 e. The fourth-order valence-electron chi connectivity index (χ4n) is 4.16. The van der Waals surface area contributed by atoms with Crippen molar-refractivity contribution in [1.29, 1.82) is 5.26 Å². The number of morpholine rings is 1. The number of allylic oxidation sites excluding steroid dienone is 4. The highest BCUT2D eigenvalue weighted by molar-refractivity contribution is 5.93. The summed E-state index contributed by atoms with van der Waals surface area (Å²) in [4.78, 5) is 19.1. The minimum atomic E-state index is -0.178. The number of nitrogens with one attached hydrogen (secondary N) is 1. The van der Waals surface area contributed by atoms with E-state index in [-0.39, 0.29) is 17.7 Å². The Morgan fingerprint density at radius 2 is 2.15 bits per heavy atom. The van der Waals surface area contributed by atoms with E-state index in [1.54, 1.807) is 18.3 Å². The van der Waals surface area contributed by atoms with Gasteiger partial charge in [-0.25, -0.2) is 4.98 Å². The van der Waals surface area contributed by atoms with Crippen LogP contribution in [0.2, 0.25) is 0 Å². The molecular formula is C25H30N6O3. The molecule has 1 aliphatic heterocycles. The molecule has 0 bridgehead atoms. The average Bonchev–Trinajstić information content (AvgIpc) is 3.14. The van der Waals surface area contributed by atoms with Crippen LogP contribution in [-0.2, 0) is 4.74 Å². The maximum Gasteiger partial charge on any atom is 0.252 e. The molecule has 178 valence electrons. The van der Waals surface area contributed by atoms with Crippen LogP contribution in [0.3, 0.4) is 0 Å². The lowest BCUT2D eigenvalue weighted by Gasteiger charge is -2.26. The van der Waals surface area contributed by atoms with E-state index in [2.05, 4.69) is 26.4 Å². The largest absolute Gasteiger partial charge is 0.493 e. The van der Waals surface area contributed by atoms with Gasteiger partial charge in [-0.05, 0) is 50.4 Å². The van der Waals surface area contributed by atoms with Crippen molar-refractivity contribution < 1.29 is 14.6 Å². The summed E-state index contributed by atoms with van der Waals surface area (Å²) in [5.41, 5.74) is 3.01. The first-order valence-corrected chi connectivity index (χ1v) is 11.7. The van der Waals surface area contributed by atoms with E-state index in [1.165, 1.54) is 10.9 Å². The van der Waals surface area contributed by atoms with E-state index in [1.807, 2.05) is 19.1 Å². The van der Waals surface area contributed by atoms with Crippen molar-refractivity contribution in [2.75, 3.05) is 39.4 Å². The Labute approximate surface area is 199 Å². The number of hydrogen-bond acceptors (Lipinski definition) is 7. The number of hydrogen-bond donors (Lipinski definition) is 2. The second-order valence-corrected chi connectivity index (χ2v) is 8.59. The summed E-state index contributed by atoms with van der Waals surface area (Å²) in [5, 5.41) is 27.3. The number of nitriles is 1. The van der Waals surface area contributed by atoms with E-state index >= 15 is 0 Å². The molecule has 1 amide bonds. The van der Waals surface area contributed by atoms with Gasteiger partial charge in [-0.3, -0.25) is 9.69 Å². The number of aromatic hydroxyl groups is 1. The molecule has 3 heterocycles. The fraction of sp³-hybridized carbons (Fsp3) is 0.440. The van der Waals surface area contributed by atoms with Gasteiger partial charge in [-0.1, -0.05) is 17.7 Å². The number of ether oxygens (including phenoxy) is 1. The predicted molar refractivity (Wildman–Crippen MR) is 127 cm³/mol. The fourth-order valence-corrected chi connectivity index (χ4v) is 4.16. The second kappa shape index (κ2) is 11.1.